The molecular weight excluding hydrogens is 294 g/mol. The predicted molar refractivity (Wildman–Crippen MR) is 79.3 cm³/mol. The van der Waals surface area contributed by atoms with Gasteiger partial charge in [0.2, 0.25) is 5.91 Å². The Labute approximate surface area is 128 Å². The van der Waals surface area contributed by atoms with Crippen LogP contribution < -0.4 is 5.32 Å². The number of pyridine rings is 1. The van der Waals surface area contributed by atoms with Crippen LogP contribution in [0.1, 0.15) is 19.8 Å². The van der Waals surface area contributed by atoms with Gasteiger partial charge in [-0.25, -0.2) is 4.98 Å². The average Bonchev–Trinajstić information content (AvgIpc) is 2.48. The number of carbonyl (C=O) groups excluding carboxylic acids is 1. The zero-order valence-corrected chi connectivity index (χ0v) is 12.5. The third-order valence-corrected chi connectivity index (χ3v) is 3.93. The Morgan fingerprint density at radius 2 is 2.29 bits per heavy atom. The number of hydrogen-bond donors (Lipinski definition) is 2. The minimum absolute atomic E-state index is 0.132. The van der Waals surface area contributed by atoms with Crippen LogP contribution in [0, 0.1) is 5.92 Å². The fourth-order valence-corrected chi connectivity index (χ4v) is 2.52. The zero-order chi connectivity index (χ0) is 15.4. The first kappa shape index (κ1) is 15.7. The third-order valence-electron chi connectivity index (χ3n) is 3.71. The van der Waals surface area contributed by atoms with Crippen LogP contribution in [0.5, 0.6) is 0 Å². The molecule has 21 heavy (non-hydrogen) atoms. The van der Waals surface area contributed by atoms with Gasteiger partial charge in [0.05, 0.1) is 10.9 Å². The third kappa shape index (κ3) is 4.15. The number of aliphatic carboxylic acids is 1. The molecule has 0 unspecified atom stereocenters. The van der Waals surface area contributed by atoms with Gasteiger partial charge in [0, 0.05) is 12.7 Å². The molecule has 1 aliphatic heterocycles. The Kier molecular flexibility index (Phi) is 5.14. The van der Waals surface area contributed by atoms with Gasteiger partial charge in [0.15, 0.2) is 0 Å². The smallest absolute Gasteiger partial charge is 0.320 e. The highest BCUT2D eigenvalue weighted by atomic mass is 35.5. The van der Waals surface area contributed by atoms with Crippen LogP contribution in [0.4, 0.5) is 5.82 Å². The summed E-state index contributed by atoms with van der Waals surface area (Å²) in [6.45, 7) is 2.80. The minimum Gasteiger partial charge on any atom is -0.480 e. The van der Waals surface area contributed by atoms with Crippen molar-refractivity contribution in [3.8, 4) is 0 Å². The zero-order valence-electron chi connectivity index (χ0n) is 11.8. The summed E-state index contributed by atoms with van der Waals surface area (Å²) in [6, 6.07) is 2.72. The van der Waals surface area contributed by atoms with Crippen molar-refractivity contribution in [1.82, 2.24) is 9.88 Å². The fourth-order valence-electron chi connectivity index (χ4n) is 2.41. The number of nitrogens with one attached hydrogen (secondary N) is 1. The van der Waals surface area contributed by atoms with Gasteiger partial charge in [-0.05, 0) is 38.4 Å². The highest BCUT2D eigenvalue weighted by Gasteiger charge is 2.30. The maximum Gasteiger partial charge on any atom is 0.320 e. The molecule has 2 heterocycles. The molecule has 2 N–H and O–H groups in total. The second-order valence-corrected chi connectivity index (χ2v) is 5.64. The lowest BCUT2D eigenvalue weighted by molar-refractivity contribution is -0.144. The fraction of sp³-hybridized carbons (Fsp3) is 0.500. The molecular formula is C14H18ClN3O3. The van der Waals surface area contributed by atoms with E-state index in [-0.39, 0.29) is 11.8 Å². The van der Waals surface area contributed by atoms with Gasteiger partial charge in [-0.3, -0.25) is 14.5 Å². The molecule has 0 spiro atoms. The van der Waals surface area contributed by atoms with Gasteiger partial charge < -0.3 is 10.4 Å². The van der Waals surface area contributed by atoms with Crippen molar-refractivity contribution in [3.63, 3.8) is 0 Å². The number of piperidine rings is 1. The maximum absolute atomic E-state index is 12.2. The number of halogens is 1. The molecule has 0 bridgehead atoms. The van der Waals surface area contributed by atoms with Gasteiger partial charge in [-0.2, -0.15) is 0 Å². The van der Waals surface area contributed by atoms with Crippen molar-refractivity contribution in [2.24, 2.45) is 5.92 Å². The van der Waals surface area contributed by atoms with Crippen molar-refractivity contribution in [2.45, 2.75) is 25.8 Å². The van der Waals surface area contributed by atoms with E-state index in [2.05, 4.69) is 10.3 Å². The van der Waals surface area contributed by atoms with Gasteiger partial charge in [0.1, 0.15) is 11.9 Å². The number of carbonyl (C=O) groups is 2. The van der Waals surface area contributed by atoms with Crippen molar-refractivity contribution in [2.75, 3.05) is 18.4 Å². The Morgan fingerprint density at radius 3 is 2.90 bits per heavy atom. The second kappa shape index (κ2) is 6.87. The largest absolute Gasteiger partial charge is 0.480 e. The number of aromatic nitrogens is 1. The van der Waals surface area contributed by atoms with E-state index in [4.69, 9.17) is 16.7 Å². The Bertz CT molecular complexity index is 521. The van der Waals surface area contributed by atoms with E-state index in [0.717, 1.165) is 12.8 Å². The standard InChI is InChI=1S/C14H18ClN3O3/c1-9(14(20)21)18-6-2-3-10(8-18)13(19)17-12-5-4-11(15)7-16-12/h4-5,7,9-10H,2-3,6,8H2,1H3,(H,20,21)(H,16,17,19)/t9-,10-/m0/s1. The number of carboxylic acids is 1. The molecule has 1 saturated heterocycles. The van der Waals surface area contributed by atoms with Crippen LogP contribution in [0.3, 0.4) is 0 Å². The molecule has 1 fully saturated rings. The molecule has 6 nitrogen and oxygen atoms in total. The number of hydrogen-bond acceptors (Lipinski definition) is 4. The van der Waals surface area contributed by atoms with Gasteiger partial charge in [-0.1, -0.05) is 11.6 Å². The summed E-state index contributed by atoms with van der Waals surface area (Å²) < 4.78 is 0. The lowest BCUT2D eigenvalue weighted by atomic mass is 9.96. The Morgan fingerprint density at radius 1 is 1.52 bits per heavy atom. The molecule has 1 amide bonds. The normalized spacial score (nSPS) is 20.8. The van der Waals surface area contributed by atoms with Crippen molar-refractivity contribution in [3.05, 3.63) is 23.4 Å². The molecule has 0 radical (unpaired) electrons. The highest BCUT2D eigenvalue weighted by molar-refractivity contribution is 6.30. The number of nitrogens with zero attached hydrogens (tertiary/aromatic N) is 2. The van der Waals surface area contributed by atoms with Gasteiger partial charge in [0.25, 0.3) is 0 Å². The van der Waals surface area contributed by atoms with E-state index in [1.807, 2.05) is 4.90 Å². The number of carboxylic acid groups (broad SMARTS) is 1. The van der Waals surface area contributed by atoms with Gasteiger partial charge in [-0.15, -0.1) is 0 Å². The first-order chi connectivity index (χ1) is 9.97. The summed E-state index contributed by atoms with van der Waals surface area (Å²) in [4.78, 5) is 29.1. The first-order valence-electron chi connectivity index (χ1n) is 6.86. The quantitative estimate of drug-likeness (QED) is 0.887. The second-order valence-electron chi connectivity index (χ2n) is 5.20. The topological polar surface area (TPSA) is 82.5 Å². The van der Waals surface area contributed by atoms with Crippen LogP contribution in [-0.4, -0.2) is 46.0 Å². The van der Waals surface area contributed by atoms with Crippen LogP contribution >= 0.6 is 11.6 Å². The van der Waals surface area contributed by atoms with Gasteiger partial charge >= 0.3 is 5.97 Å². The number of rotatable bonds is 4. The summed E-state index contributed by atoms with van der Waals surface area (Å²) in [6.07, 6.45) is 3.03. The van der Waals surface area contributed by atoms with Crippen LogP contribution in [0.15, 0.2) is 18.3 Å². The molecule has 114 valence electrons. The van der Waals surface area contributed by atoms with E-state index in [0.29, 0.717) is 23.9 Å². The van der Waals surface area contributed by atoms with E-state index >= 15 is 0 Å². The SMILES string of the molecule is C[C@@H](C(=O)O)N1CCC[C@H](C(=O)Nc2ccc(Cl)cn2)C1. The highest BCUT2D eigenvalue weighted by Crippen LogP contribution is 2.20. The minimum atomic E-state index is -0.865. The monoisotopic (exact) mass is 311 g/mol. The van der Waals surface area contributed by atoms with Crippen molar-refractivity contribution in [1.29, 1.82) is 0 Å². The maximum atomic E-state index is 12.2. The molecule has 1 aromatic rings. The molecule has 1 aromatic heterocycles. The van der Waals surface area contributed by atoms with E-state index < -0.39 is 12.0 Å². The molecule has 0 saturated carbocycles. The summed E-state index contributed by atoms with van der Waals surface area (Å²) in [5.74, 6) is -0.770. The lowest BCUT2D eigenvalue weighted by Crippen LogP contribution is -2.47. The predicted octanol–water partition coefficient (Wildman–Crippen LogP) is 1.86. The summed E-state index contributed by atoms with van der Waals surface area (Å²) in [5.41, 5.74) is 0. The molecule has 2 rings (SSSR count). The summed E-state index contributed by atoms with van der Waals surface area (Å²) in [5, 5.41) is 12.3. The molecule has 0 aromatic carbocycles. The molecule has 0 aliphatic carbocycles. The molecule has 2 atom stereocenters. The average molecular weight is 312 g/mol. The number of anilines is 1. The van der Waals surface area contributed by atoms with Crippen molar-refractivity contribution < 1.29 is 14.7 Å². The Hall–Kier alpha value is -1.66. The van der Waals surface area contributed by atoms with Crippen molar-refractivity contribution >= 4 is 29.3 Å². The first-order valence-corrected chi connectivity index (χ1v) is 7.24. The summed E-state index contributed by atoms with van der Waals surface area (Å²) >= 11 is 5.74. The number of likely N-dealkylation sites (tertiary alicyclic amines) is 1. The van der Waals surface area contributed by atoms with Crippen LogP contribution in [0.25, 0.3) is 0 Å². The number of amides is 1. The van der Waals surface area contributed by atoms with Crippen LogP contribution in [-0.2, 0) is 9.59 Å². The van der Waals surface area contributed by atoms with Crippen LogP contribution in [0.2, 0.25) is 5.02 Å². The van der Waals surface area contributed by atoms with E-state index in [1.165, 1.54) is 6.20 Å². The Balaban J connectivity index is 1.95. The molecule has 1 aliphatic rings. The lowest BCUT2D eigenvalue weighted by Gasteiger charge is -2.34. The molecule has 7 heteroatoms. The van der Waals surface area contributed by atoms with E-state index in [9.17, 15) is 9.59 Å². The summed E-state index contributed by atoms with van der Waals surface area (Å²) in [7, 11) is 0. The van der Waals surface area contributed by atoms with E-state index in [1.54, 1.807) is 19.1 Å².